The first-order valence-corrected chi connectivity index (χ1v) is 28.0. The van der Waals surface area contributed by atoms with Crippen LogP contribution in [0.1, 0.15) is 62.6 Å². The number of aromatic hydroxyl groups is 2. The van der Waals surface area contributed by atoms with E-state index >= 15 is 0 Å². The van der Waals surface area contributed by atoms with Gasteiger partial charge in [0.25, 0.3) is 0 Å². The molecule has 3 aromatic carbocycles. The third-order valence-electron chi connectivity index (χ3n) is 12.5. The first kappa shape index (κ1) is 64.9. The lowest BCUT2D eigenvalue weighted by Crippen LogP contribution is -2.62. The number of hydrogen-bond acceptors (Lipinski definition) is 17. The molecule has 80 heavy (non-hydrogen) atoms. The summed E-state index contributed by atoms with van der Waals surface area (Å²) in [4.78, 5) is 130. The van der Waals surface area contributed by atoms with Gasteiger partial charge in [0.2, 0.25) is 53.2 Å². The first-order valence-electron chi connectivity index (χ1n) is 25.7. The fourth-order valence-corrected chi connectivity index (χ4v) is 10.8. The number of primary amides is 1. The van der Waals surface area contributed by atoms with Gasteiger partial charge in [-0.25, -0.2) is 0 Å². The van der Waals surface area contributed by atoms with E-state index in [-0.39, 0.29) is 74.8 Å². The second-order valence-electron chi connectivity index (χ2n) is 19.4. The van der Waals surface area contributed by atoms with E-state index in [0.29, 0.717) is 29.5 Å². The number of aliphatic imine (C=N–C) groups is 1. The summed E-state index contributed by atoms with van der Waals surface area (Å²) in [5.74, 6) is -8.62. The molecular weight excluding hydrogens is 1080 g/mol. The summed E-state index contributed by atoms with van der Waals surface area (Å²) < 4.78 is -1.38. The van der Waals surface area contributed by atoms with E-state index < -0.39 is 119 Å². The molecule has 3 aromatic rings. The van der Waals surface area contributed by atoms with Crippen LogP contribution in [0.25, 0.3) is 0 Å². The number of amides is 9. The van der Waals surface area contributed by atoms with Crippen LogP contribution in [-0.4, -0.2) is 160 Å². The van der Waals surface area contributed by atoms with Crippen LogP contribution in [0.5, 0.6) is 11.5 Å². The van der Waals surface area contributed by atoms with Gasteiger partial charge in [-0.2, -0.15) is 0 Å². The lowest BCUT2D eigenvalue weighted by atomic mass is 9.99. The van der Waals surface area contributed by atoms with Gasteiger partial charge in [0.05, 0.1) is 19.2 Å². The molecule has 1 aliphatic rings. The van der Waals surface area contributed by atoms with Crippen molar-refractivity contribution in [3.05, 3.63) is 95.6 Å². The van der Waals surface area contributed by atoms with Crippen LogP contribution in [-0.2, 0) is 62.4 Å². The van der Waals surface area contributed by atoms with Gasteiger partial charge in [-0.05, 0) is 99.9 Å². The fraction of sp³-hybridized carbons (Fsp3) is 0.462. The molecule has 8 atom stereocenters. The molecule has 436 valence electrons. The number of nitrogens with zero attached hydrogens (tertiary/aromatic N) is 1. The fourth-order valence-electron chi connectivity index (χ4n) is 8.03. The molecule has 0 unspecified atom stereocenters. The van der Waals surface area contributed by atoms with Gasteiger partial charge in [0, 0.05) is 29.9 Å². The highest BCUT2D eigenvalue weighted by atomic mass is 33.1. The molecule has 1 heterocycles. The number of hydrogen-bond donors (Lipinski definition) is 16. The van der Waals surface area contributed by atoms with Crippen molar-refractivity contribution >= 4 is 80.7 Å². The third-order valence-corrected chi connectivity index (χ3v) is 15.8. The Hall–Kier alpha value is -7.66. The minimum atomic E-state index is -1.68. The molecule has 4 rings (SSSR count). The van der Waals surface area contributed by atoms with Crippen LogP contribution in [0.2, 0.25) is 0 Å². The number of nitrogens with two attached hydrogens (primary N) is 5. The van der Waals surface area contributed by atoms with Gasteiger partial charge in [0.1, 0.15) is 53.8 Å². The Labute approximate surface area is 470 Å². The minimum Gasteiger partial charge on any atom is -0.508 e. The van der Waals surface area contributed by atoms with Crippen LogP contribution in [0.4, 0.5) is 0 Å². The Morgan fingerprint density at radius 1 is 0.700 bits per heavy atom. The number of phenols is 2. The van der Waals surface area contributed by atoms with E-state index in [0.717, 1.165) is 21.6 Å². The zero-order valence-corrected chi connectivity index (χ0v) is 46.1. The van der Waals surface area contributed by atoms with Crippen LogP contribution < -0.4 is 71.2 Å². The van der Waals surface area contributed by atoms with Crippen molar-refractivity contribution in [2.75, 3.05) is 32.0 Å². The maximum Gasteiger partial charge on any atom is 0.245 e. The molecule has 1 fully saturated rings. The monoisotopic (exact) mass is 1150 g/mol. The highest BCUT2D eigenvalue weighted by molar-refractivity contribution is 8.77. The largest absolute Gasteiger partial charge is 0.508 e. The Kier molecular flexibility index (Phi) is 26.3. The summed E-state index contributed by atoms with van der Waals surface area (Å²) in [5, 5.41) is 50.9. The molecule has 0 saturated carbocycles. The van der Waals surface area contributed by atoms with Crippen molar-refractivity contribution in [3.63, 3.8) is 0 Å². The predicted octanol–water partition coefficient (Wildman–Crippen LogP) is -3.20. The van der Waals surface area contributed by atoms with E-state index in [1.807, 2.05) is 0 Å². The SMILES string of the molecule is CC1(C)SSC[C@@H](C(=O)N[C@@H](CCCCN)C(=O)N[C@@H](CCCN=C(N)N)C(N)=O)NC(=O)[C@H](Cc2ccccc2)NC(=O)[C@H](CO)NC(=O)CNC(=O)[C@H](Cc2ccc(O)cc2)NC(=O)[C@@H]1NC(=O)[C@@H](N)Cc1ccc(O)cc1. The molecule has 1 saturated heterocycles. The number of carbonyl (C=O) groups excluding carboxylic acids is 9. The summed E-state index contributed by atoms with van der Waals surface area (Å²) in [6.45, 7) is 1.81. The third kappa shape index (κ3) is 21.9. The average molecular weight is 1150 g/mol. The molecule has 0 aromatic heterocycles. The highest BCUT2D eigenvalue weighted by Gasteiger charge is 2.41. The van der Waals surface area contributed by atoms with Crippen molar-refractivity contribution in [2.45, 2.75) is 118 Å². The molecule has 21 N–H and O–H groups in total. The van der Waals surface area contributed by atoms with Crippen LogP contribution >= 0.6 is 21.6 Å². The van der Waals surface area contributed by atoms with Gasteiger partial charge in [0.15, 0.2) is 5.96 Å². The maximum atomic E-state index is 14.8. The van der Waals surface area contributed by atoms with Gasteiger partial charge >= 0.3 is 0 Å². The zero-order valence-electron chi connectivity index (χ0n) is 44.5. The molecular formula is C52H74N14O12S2. The molecule has 0 aliphatic carbocycles. The van der Waals surface area contributed by atoms with Gasteiger partial charge < -0.3 is 86.5 Å². The molecule has 9 amide bonds. The lowest BCUT2D eigenvalue weighted by molar-refractivity contribution is -0.135. The quantitative estimate of drug-likeness (QED) is 0.0204. The number of phenolic OH excluding ortho intramolecular Hbond substituents is 2. The molecule has 26 nitrogen and oxygen atoms in total. The second kappa shape index (κ2) is 32.4. The normalized spacial score (nSPS) is 20.6. The van der Waals surface area contributed by atoms with Gasteiger partial charge in [-0.15, -0.1) is 0 Å². The van der Waals surface area contributed by atoms with E-state index in [4.69, 9.17) is 28.7 Å². The predicted molar refractivity (Wildman–Crippen MR) is 301 cm³/mol. The summed E-state index contributed by atoms with van der Waals surface area (Å²) in [7, 11) is 1.97. The number of carbonyl (C=O) groups is 9. The number of aliphatic hydroxyl groups is 1. The second-order valence-corrected chi connectivity index (χ2v) is 22.4. The smallest absolute Gasteiger partial charge is 0.245 e. The van der Waals surface area contributed by atoms with E-state index in [2.05, 4.69) is 47.5 Å². The van der Waals surface area contributed by atoms with Crippen LogP contribution in [0, 0.1) is 0 Å². The summed E-state index contributed by atoms with van der Waals surface area (Å²) in [5.41, 5.74) is 30.3. The number of benzene rings is 3. The molecule has 0 bridgehead atoms. The summed E-state index contributed by atoms with van der Waals surface area (Å²) >= 11 is 0. The Bertz CT molecular complexity index is 2610. The van der Waals surface area contributed by atoms with Gasteiger partial charge in [-0.1, -0.05) is 76.2 Å². The van der Waals surface area contributed by atoms with Gasteiger partial charge in [-0.3, -0.25) is 48.1 Å². The summed E-state index contributed by atoms with van der Waals surface area (Å²) in [6.07, 6.45) is 0.674. The zero-order chi connectivity index (χ0) is 58.9. The van der Waals surface area contributed by atoms with Crippen molar-refractivity contribution in [3.8, 4) is 11.5 Å². The number of unbranched alkanes of at least 4 members (excludes halogenated alkanes) is 1. The minimum absolute atomic E-state index is 0.0158. The Morgan fingerprint density at radius 2 is 1.27 bits per heavy atom. The highest BCUT2D eigenvalue weighted by Crippen LogP contribution is 2.39. The number of nitrogens with one attached hydrogen (secondary N) is 8. The van der Waals surface area contributed by atoms with Crippen LogP contribution in [0.15, 0.2) is 83.9 Å². The molecule has 0 radical (unpaired) electrons. The standard InChI is InChI=1S/C52H74N14O12S2/c1-52(2)42(66-44(72)34(54)23-30-13-17-32(68)18-14-30)50(78)64-37(25-31-15-19-33(69)20-16-31)45(73)59-26-41(70)60-39(27-67)48(76)63-38(24-29-9-4-3-5-10-29)47(75)65-40(28-79-80-52)49(77)62-36(11-6-7-21-53)46(74)61-35(43(55)71)12-8-22-58-51(56)57/h3-5,9-10,13-20,34-40,42,67-69H,6-8,11-12,21-28,53-54H2,1-2H3,(H2,55,71)(H,59,73)(H,60,70)(H,61,74)(H,62,77)(H,63,76)(H,64,78)(H,65,75)(H,66,72)(H4,56,57,58)/t34-,35-,36-,37-,38-,39-,40-,42-/m0/s1. The number of rotatable bonds is 22. The first-order chi connectivity index (χ1) is 38.0. The Morgan fingerprint density at radius 3 is 1.88 bits per heavy atom. The molecule has 28 heteroatoms. The summed E-state index contributed by atoms with van der Waals surface area (Å²) in [6, 6.07) is 8.72. The van der Waals surface area contributed by atoms with Crippen molar-refractivity contribution in [1.29, 1.82) is 0 Å². The van der Waals surface area contributed by atoms with E-state index in [1.54, 1.807) is 56.3 Å². The van der Waals surface area contributed by atoms with Crippen LogP contribution in [0.3, 0.4) is 0 Å². The molecule has 1 aliphatic heterocycles. The molecule has 0 spiro atoms. The Balaban J connectivity index is 1.79. The van der Waals surface area contributed by atoms with Crippen molar-refractivity contribution in [1.82, 2.24) is 42.5 Å². The average Bonchev–Trinajstić information content (AvgIpc) is 3.45. The van der Waals surface area contributed by atoms with E-state index in [1.165, 1.54) is 36.4 Å². The van der Waals surface area contributed by atoms with Crippen molar-refractivity contribution < 1.29 is 58.5 Å². The lowest BCUT2D eigenvalue weighted by Gasteiger charge is -2.35. The topological polar surface area (TPSA) is 453 Å². The van der Waals surface area contributed by atoms with Crippen molar-refractivity contribution in [2.24, 2.45) is 33.7 Å². The van der Waals surface area contributed by atoms with E-state index in [9.17, 15) is 58.5 Å². The number of aliphatic hydroxyl groups excluding tert-OH is 1. The number of guanidine groups is 1. The maximum absolute atomic E-state index is 14.8.